The zero-order valence-corrected chi connectivity index (χ0v) is 11.6. The summed E-state index contributed by atoms with van der Waals surface area (Å²) in [5.41, 5.74) is 3.10. The van der Waals surface area contributed by atoms with Gasteiger partial charge in [-0.2, -0.15) is 8.75 Å². The number of carbonyl (C=O) groups is 1. The van der Waals surface area contributed by atoms with E-state index in [1.807, 2.05) is 0 Å². The molecule has 0 aliphatic rings. The maximum Gasteiger partial charge on any atom is 0.335 e. The van der Waals surface area contributed by atoms with Crippen LogP contribution < -0.4 is 5.32 Å². The lowest BCUT2D eigenvalue weighted by Crippen LogP contribution is -1.97. The molecule has 0 saturated carbocycles. The second-order valence-electron chi connectivity index (χ2n) is 4.06. The summed E-state index contributed by atoms with van der Waals surface area (Å²) in [6.45, 7) is 0. The summed E-state index contributed by atoms with van der Waals surface area (Å²) < 4.78 is 8.36. The Kier molecular flexibility index (Phi) is 3.25. The summed E-state index contributed by atoms with van der Waals surface area (Å²) >= 11 is 7.29. The molecule has 0 spiro atoms. The first-order chi connectivity index (χ1) is 9.65. The SMILES string of the molecule is O=C(O)c1ccc(Nc2c(Cl)ccc3nsnc23)cc1. The minimum atomic E-state index is -0.958. The van der Waals surface area contributed by atoms with Crippen molar-refractivity contribution in [2.24, 2.45) is 0 Å². The number of carboxylic acid groups (broad SMARTS) is 1. The molecule has 2 N–H and O–H groups in total. The normalized spacial score (nSPS) is 10.7. The summed E-state index contributed by atoms with van der Waals surface area (Å²) in [6, 6.07) is 9.96. The molecule has 0 fully saturated rings. The van der Waals surface area contributed by atoms with Gasteiger partial charge in [0.1, 0.15) is 11.0 Å². The van der Waals surface area contributed by atoms with Gasteiger partial charge < -0.3 is 10.4 Å². The third kappa shape index (κ3) is 2.31. The number of rotatable bonds is 3. The molecule has 20 heavy (non-hydrogen) atoms. The first kappa shape index (κ1) is 12.8. The Morgan fingerprint density at radius 1 is 1.15 bits per heavy atom. The number of nitrogens with one attached hydrogen (secondary N) is 1. The summed E-state index contributed by atoms with van der Waals surface area (Å²) in [7, 11) is 0. The van der Waals surface area contributed by atoms with E-state index in [1.54, 1.807) is 24.3 Å². The average Bonchev–Trinajstić information content (AvgIpc) is 2.91. The van der Waals surface area contributed by atoms with Gasteiger partial charge in [0.2, 0.25) is 0 Å². The fraction of sp³-hybridized carbons (Fsp3) is 0. The highest BCUT2D eigenvalue weighted by molar-refractivity contribution is 7.00. The summed E-state index contributed by atoms with van der Waals surface area (Å²) in [4.78, 5) is 10.8. The highest BCUT2D eigenvalue weighted by Gasteiger charge is 2.10. The number of nitrogens with zero attached hydrogens (tertiary/aromatic N) is 2. The molecule has 1 aromatic heterocycles. The molecule has 0 aliphatic heterocycles. The summed E-state index contributed by atoms with van der Waals surface area (Å²) in [5.74, 6) is -0.958. The van der Waals surface area contributed by atoms with E-state index in [9.17, 15) is 4.79 Å². The molecule has 0 radical (unpaired) electrons. The quantitative estimate of drug-likeness (QED) is 0.770. The number of anilines is 2. The molecule has 0 unspecified atom stereocenters. The van der Waals surface area contributed by atoms with Gasteiger partial charge in [-0.15, -0.1) is 0 Å². The molecule has 3 rings (SSSR count). The van der Waals surface area contributed by atoms with Crippen molar-refractivity contribution in [3.8, 4) is 0 Å². The molecule has 0 saturated heterocycles. The number of aromatic nitrogens is 2. The second-order valence-corrected chi connectivity index (χ2v) is 5.00. The topological polar surface area (TPSA) is 75.1 Å². The minimum absolute atomic E-state index is 0.232. The molecule has 1 heterocycles. The zero-order chi connectivity index (χ0) is 14.1. The van der Waals surface area contributed by atoms with Crippen molar-refractivity contribution < 1.29 is 9.90 Å². The maximum absolute atomic E-state index is 10.8. The zero-order valence-electron chi connectivity index (χ0n) is 10.0. The van der Waals surface area contributed by atoms with Crippen LogP contribution in [0, 0.1) is 0 Å². The van der Waals surface area contributed by atoms with Crippen LogP contribution in [0.25, 0.3) is 11.0 Å². The van der Waals surface area contributed by atoms with Crippen molar-refractivity contribution in [3.05, 3.63) is 47.0 Å². The van der Waals surface area contributed by atoms with Gasteiger partial charge in [0.05, 0.1) is 28.0 Å². The Morgan fingerprint density at radius 3 is 2.60 bits per heavy atom. The van der Waals surface area contributed by atoms with Crippen molar-refractivity contribution in [2.45, 2.75) is 0 Å². The van der Waals surface area contributed by atoms with Crippen LogP contribution in [0.3, 0.4) is 0 Å². The molecule has 7 heteroatoms. The number of hydrogen-bond donors (Lipinski definition) is 2. The van der Waals surface area contributed by atoms with Crippen LogP contribution in [0.4, 0.5) is 11.4 Å². The van der Waals surface area contributed by atoms with E-state index < -0.39 is 5.97 Å². The number of hydrogen-bond acceptors (Lipinski definition) is 5. The van der Waals surface area contributed by atoms with Crippen LogP contribution in [-0.4, -0.2) is 19.8 Å². The van der Waals surface area contributed by atoms with Crippen LogP contribution >= 0.6 is 23.3 Å². The van der Waals surface area contributed by atoms with Crippen LogP contribution in [0.5, 0.6) is 0 Å². The average molecular weight is 306 g/mol. The van der Waals surface area contributed by atoms with Crippen molar-refractivity contribution in [3.63, 3.8) is 0 Å². The predicted molar refractivity (Wildman–Crippen MR) is 79.1 cm³/mol. The van der Waals surface area contributed by atoms with Crippen LogP contribution in [-0.2, 0) is 0 Å². The van der Waals surface area contributed by atoms with Gasteiger partial charge in [-0.1, -0.05) is 11.6 Å². The van der Waals surface area contributed by atoms with E-state index in [1.165, 1.54) is 12.1 Å². The van der Waals surface area contributed by atoms with Gasteiger partial charge in [-0.3, -0.25) is 0 Å². The Balaban J connectivity index is 1.98. The van der Waals surface area contributed by atoms with Crippen molar-refractivity contribution >= 4 is 51.7 Å². The molecular formula is C13H8ClN3O2S. The lowest BCUT2D eigenvalue weighted by Gasteiger charge is -2.09. The predicted octanol–water partition coefficient (Wildman–Crippen LogP) is 3.79. The van der Waals surface area contributed by atoms with Crippen molar-refractivity contribution in [1.82, 2.24) is 8.75 Å². The third-order valence-corrected chi connectivity index (χ3v) is 3.64. The van der Waals surface area contributed by atoms with Crippen molar-refractivity contribution in [2.75, 3.05) is 5.32 Å². The number of carboxylic acids is 1. The highest BCUT2D eigenvalue weighted by atomic mass is 35.5. The molecule has 0 amide bonds. The van der Waals surface area contributed by atoms with Crippen LogP contribution in [0.1, 0.15) is 10.4 Å². The maximum atomic E-state index is 10.8. The van der Waals surface area contributed by atoms with E-state index >= 15 is 0 Å². The Labute approximate surface area is 123 Å². The minimum Gasteiger partial charge on any atom is -0.478 e. The van der Waals surface area contributed by atoms with Gasteiger partial charge >= 0.3 is 5.97 Å². The lowest BCUT2D eigenvalue weighted by molar-refractivity contribution is 0.0697. The molecule has 0 bridgehead atoms. The number of fused-ring (bicyclic) bond motifs is 1. The van der Waals surface area contributed by atoms with E-state index in [4.69, 9.17) is 16.7 Å². The largest absolute Gasteiger partial charge is 0.478 e. The first-order valence-corrected chi connectivity index (χ1v) is 6.77. The second kappa shape index (κ2) is 5.07. The Morgan fingerprint density at radius 2 is 1.90 bits per heavy atom. The lowest BCUT2D eigenvalue weighted by atomic mass is 10.2. The van der Waals surface area contributed by atoms with E-state index in [0.717, 1.165) is 22.9 Å². The van der Waals surface area contributed by atoms with E-state index in [-0.39, 0.29) is 5.56 Å². The smallest absolute Gasteiger partial charge is 0.335 e. The molecule has 100 valence electrons. The molecule has 2 aromatic carbocycles. The van der Waals surface area contributed by atoms with Gasteiger partial charge in [-0.05, 0) is 36.4 Å². The number of halogens is 1. The fourth-order valence-electron chi connectivity index (χ4n) is 1.79. The van der Waals surface area contributed by atoms with Gasteiger partial charge in [0, 0.05) is 5.69 Å². The molecule has 3 aromatic rings. The third-order valence-electron chi connectivity index (χ3n) is 2.78. The summed E-state index contributed by atoms with van der Waals surface area (Å²) in [6.07, 6.45) is 0. The van der Waals surface area contributed by atoms with Crippen molar-refractivity contribution in [1.29, 1.82) is 0 Å². The number of benzene rings is 2. The first-order valence-electron chi connectivity index (χ1n) is 5.66. The van der Waals surface area contributed by atoms with Gasteiger partial charge in [0.15, 0.2) is 0 Å². The van der Waals surface area contributed by atoms with Gasteiger partial charge in [0.25, 0.3) is 0 Å². The number of aromatic carboxylic acids is 1. The standard InChI is InChI=1S/C13H8ClN3O2S/c14-9-5-6-10-12(17-20-16-10)11(9)15-8-3-1-7(2-4-8)13(18)19/h1-6,15H,(H,18,19). The molecule has 0 atom stereocenters. The highest BCUT2D eigenvalue weighted by Crippen LogP contribution is 2.32. The van der Waals surface area contributed by atoms with Gasteiger partial charge in [-0.25, -0.2) is 4.79 Å². The fourth-order valence-corrected chi connectivity index (χ4v) is 2.53. The summed E-state index contributed by atoms with van der Waals surface area (Å²) in [5, 5.41) is 12.5. The molecule has 5 nitrogen and oxygen atoms in total. The van der Waals surface area contributed by atoms with Crippen LogP contribution in [0.15, 0.2) is 36.4 Å². The monoisotopic (exact) mass is 305 g/mol. The Bertz CT molecular complexity index is 786. The van der Waals surface area contributed by atoms with Crippen LogP contribution in [0.2, 0.25) is 5.02 Å². The molecule has 0 aliphatic carbocycles. The van der Waals surface area contributed by atoms with E-state index in [0.29, 0.717) is 16.2 Å². The molecular weight excluding hydrogens is 298 g/mol. The van der Waals surface area contributed by atoms with E-state index in [2.05, 4.69) is 14.1 Å². The Hall–Kier alpha value is -2.18.